The lowest BCUT2D eigenvalue weighted by Gasteiger charge is -2.32. The number of hydrogen-bond donors (Lipinski definition) is 1. The van der Waals surface area contributed by atoms with E-state index in [4.69, 9.17) is 0 Å². The highest BCUT2D eigenvalue weighted by molar-refractivity contribution is 5.17. The van der Waals surface area contributed by atoms with Crippen molar-refractivity contribution in [2.45, 2.75) is 45.2 Å². The van der Waals surface area contributed by atoms with Crippen LogP contribution >= 0.6 is 0 Å². The van der Waals surface area contributed by atoms with Crippen molar-refractivity contribution in [3.05, 3.63) is 24.5 Å². The molecule has 1 aliphatic rings. The maximum Gasteiger partial charge on any atom is 0.0538 e. The molecule has 1 aromatic heterocycles. The molecule has 0 bridgehead atoms. The minimum atomic E-state index is 0.657. The summed E-state index contributed by atoms with van der Waals surface area (Å²) in [6, 6.07) is 0.657. The molecule has 0 unspecified atom stereocenters. The van der Waals surface area contributed by atoms with Gasteiger partial charge in [0, 0.05) is 30.5 Å². The van der Waals surface area contributed by atoms with Crippen LogP contribution in [0.25, 0.3) is 6.20 Å². The molecule has 2 heterocycles. The third-order valence-electron chi connectivity index (χ3n) is 3.85. The zero-order valence-corrected chi connectivity index (χ0v) is 12.0. The Labute approximate surface area is 116 Å². The number of nitrogens with one attached hydrogen (secondary N) is 1. The summed E-state index contributed by atoms with van der Waals surface area (Å²) in [5.74, 6) is 0. The Morgan fingerprint density at radius 3 is 2.89 bits per heavy atom. The van der Waals surface area contributed by atoms with Crippen LogP contribution in [0.4, 0.5) is 0 Å². The molecule has 0 radical (unpaired) electrons. The molecule has 1 N–H and O–H groups in total. The van der Waals surface area contributed by atoms with Gasteiger partial charge < -0.3 is 10.2 Å². The van der Waals surface area contributed by atoms with Crippen molar-refractivity contribution in [3.63, 3.8) is 0 Å². The van der Waals surface area contributed by atoms with Crippen molar-refractivity contribution >= 4 is 6.20 Å². The quantitative estimate of drug-likeness (QED) is 0.819. The zero-order valence-electron chi connectivity index (χ0n) is 12.0. The first-order valence-corrected chi connectivity index (χ1v) is 7.43. The van der Waals surface area contributed by atoms with Crippen LogP contribution in [0, 0.1) is 0 Å². The maximum absolute atomic E-state index is 4.19. The molecule has 1 fully saturated rings. The molecule has 0 amide bonds. The molecule has 19 heavy (non-hydrogen) atoms. The molecule has 0 spiro atoms. The summed E-state index contributed by atoms with van der Waals surface area (Å²) in [4.78, 5) is 2.59. The van der Waals surface area contributed by atoms with E-state index in [0.717, 1.165) is 6.54 Å². The van der Waals surface area contributed by atoms with Gasteiger partial charge in [0.15, 0.2) is 0 Å². The van der Waals surface area contributed by atoms with E-state index >= 15 is 0 Å². The van der Waals surface area contributed by atoms with Crippen LogP contribution in [0.15, 0.2) is 19.0 Å². The number of likely N-dealkylation sites (tertiary alicyclic amines) is 1. The number of hydrogen-bond acceptors (Lipinski definition) is 3. The van der Waals surface area contributed by atoms with E-state index in [-0.39, 0.29) is 0 Å². The lowest BCUT2D eigenvalue weighted by molar-refractivity contribution is 0.195. The SMILES string of the molecule is C=Cn1cc(CNC2CCN(CCCC)CC2)cn1. The number of piperidine rings is 1. The van der Waals surface area contributed by atoms with Gasteiger partial charge in [0.05, 0.1) is 6.20 Å². The first-order valence-electron chi connectivity index (χ1n) is 7.43. The standard InChI is InChI=1S/C15H26N4/c1-3-5-8-18-9-6-15(7-10-18)16-11-14-12-17-19(4-2)13-14/h4,12-13,15-16H,2-3,5-11H2,1H3. The van der Waals surface area contributed by atoms with Crippen LogP contribution in [-0.4, -0.2) is 40.4 Å². The van der Waals surface area contributed by atoms with Gasteiger partial charge in [0.1, 0.15) is 0 Å². The van der Waals surface area contributed by atoms with Gasteiger partial charge in [-0.2, -0.15) is 5.10 Å². The Balaban J connectivity index is 1.66. The molecule has 0 aliphatic carbocycles. The van der Waals surface area contributed by atoms with Crippen LogP contribution in [-0.2, 0) is 6.54 Å². The van der Waals surface area contributed by atoms with Gasteiger partial charge in [-0.1, -0.05) is 19.9 Å². The maximum atomic E-state index is 4.19. The average molecular weight is 262 g/mol. The molecule has 1 aliphatic heterocycles. The predicted molar refractivity (Wildman–Crippen MR) is 79.8 cm³/mol. The van der Waals surface area contributed by atoms with Crippen LogP contribution in [0.2, 0.25) is 0 Å². The molecule has 1 saturated heterocycles. The fraction of sp³-hybridized carbons (Fsp3) is 0.667. The molecule has 1 aromatic rings. The van der Waals surface area contributed by atoms with E-state index < -0.39 is 0 Å². The highest BCUT2D eigenvalue weighted by atomic mass is 15.2. The van der Waals surface area contributed by atoms with Gasteiger partial charge in [0.25, 0.3) is 0 Å². The summed E-state index contributed by atoms with van der Waals surface area (Å²) in [5.41, 5.74) is 1.23. The van der Waals surface area contributed by atoms with Gasteiger partial charge in [0.2, 0.25) is 0 Å². The highest BCUT2D eigenvalue weighted by Crippen LogP contribution is 2.12. The van der Waals surface area contributed by atoms with E-state index in [1.54, 1.807) is 10.9 Å². The zero-order chi connectivity index (χ0) is 13.5. The number of rotatable bonds is 7. The second kappa shape index (κ2) is 7.46. The van der Waals surface area contributed by atoms with Gasteiger partial charge >= 0.3 is 0 Å². The first-order chi connectivity index (χ1) is 9.31. The number of unbranched alkanes of at least 4 members (excludes halogenated alkanes) is 1. The van der Waals surface area contributed by atoms with Crippen LogP contribution < -0.4 is 5.32 Å². The Morgan fingerprint density at radius 1 is 1.47 bits per heavy atom. The van der Waals surface area contributed by atoms with Gasteiger partial charge in [-0.25, -0.2) is 4.68 Å². The molecule has 2 rings (SSSR count). The van der Waals surface area contributed by atoms with E-state index in [2.05, 4.69) is 28.8 Å². The highest BCUT2D eigenvalue weighted by Gasteiger charge is 2.18. The third kappa shape index (κ3) is 4.48. The molecule has 0 aromatic carbocycles. The molecular weight excluding hydrogens is 236 g/mol. The summed E-state index contributed by atoms with van der Waals surface area (Å²) in [5, 5.41) is 7.83. The summed E-state index contributed by atoms with van der Waals surface area (Å²) in [7, 11) is 0. The van der Waals surface area contributed by atoms with Crippen LogP contribution in [0.3, 0.4) is 0 Å². The van der Waals surface area contributed by atoms with Crippen molar-refractivity contribution < 1.29 is 0 Å². The molecule has 4 heteroatoms. The van der Waals surface area contributed by atoms with E-state index in [9.17, 15) is 0 Å². The van der Waals surface area contributed by atoms with Gasteiger partial charge in [-0.15, -0.1) is 0 Å². The van der Waals surface area contributed by atoms with E-state index in [1.165, 1.54) is 50.9 Å². The largest absolute Gasteiger partial charge is 0.310 e. The van der Waals surface area contributed by atoms with Crippen molar-refractivity contribution in [2.24, 2.45) is 0 Å². The topological polar surface area (TPSA) is 33.1 Å². The lowest BCUT2D eigenvalue weighted by atomic mass is 10.0. The molecule has 106 valence electrons. The summed E-state index contributed by atoms with van der Waals surface area (Å²) in [6.07, 6.45) is 10.8. The number of aromatic nitrogens is 2. The minimum Gasteiger partial charge on any atom is -0.310 e. The Morgan fingerprint density at radius 2 is 2.26 bits per heavy atom. The summed E-state index contributed by atoms with van der Waals surface area (Å²) < 4.78 is 1.75. The minimum absolute atomic E-state index is 0.657. The lowest BCUT2D eigenvalue weighted by Crippen LogP contribution is -2.42. The number of nitrogens with zero attached hydrogens (tertiary/aromatic N) is 3. The van der Waals surface area contributed by atoms with E-state index in [0.29, 0.717) is 6.04 Å². The first kappa shape index (κ1) is 14.3. The average Bonchev–Trinajstić information content (AvgIpc) is 2.92. The van der Waals surface area contributed by atoms with Gasteiger partial charge in [-0.3, -0.25) is 0 Å². The smallest absolute Gasteiger partial charge is 0.0538 e. The summed E-state index contributed by atoms with van der Waals surface area (Å²) >= 11 is 0. The van der Waals surface area contributed by atoms with Crippen molar-refractivity contribution in [1.29, 1.82) is 0 Å². The molecule has 0 atom stereocenters. The molecule has 0 saturated carbocycles. The Kier molecular flexibility index (Phi) is 5.61. The van der Waals surface area contributed by atoms with Gasteiger partial charge in [-0.05, 0) is 38.9 Å². The third-order valence-corrected chi connectivity index (χ3v) is 3.85. The molecule has 4 nitrogen and oxygen atoms in total. The van der Waals surface area contributed by atoms with Crippen LogP contribution in [0.1, 0.15) is 38.2 Å². The second-order valence-corrected chi connectivity index (χ2v) is 5.36. The monoisotopic (exact) mass is 262 g/mol. The summed E-state index contributed by atoms with van der Waals surface area (Å²) in [6.45, 7) is 10.6. The predicted octanol–water partition coefficient (Wildman–Crippen LogP) is 2.34. The normalized spacial score (nSPS) is 17.7. The fourth-order valence-electron chi connectivity index (χ4n) is 2.57. The van der Waals surface area contributed by atoms with Crippen molar-refractivity contribution in [3.8, 4) is 0 Å². The van der Waals surface area contributed by atoms with Crippen molar-refractivity contribution in [2.75, 3.05) is 19.6 Å². The van der Waals surface area contributed by atoms with E-state index in [1.807, 2.05) is 12.4 Å². The fourth-order valence-corrected chi connectivity index (χ4v) is 2.57. The molecular formula is C15H26N4. The van der Waals surface area contributed by atoms with Crippen LogP contribution in [0.5, 0.6) is 0 Å². The van der Waals surface area contributed by atoms with Crippen molar-refractivity contribution in [1.82, 2.24) is 20.0 Å². The second-order valence-electron chi connectivity index (χ2n) is 5.36. The Bertz CT molecular complexity index is 377. The Hall–Kier alpha value is -1.13.